The third-order valence-corrected chi connectivity index (χ3v) is 3.87. The van der Waals surface area contributed by atoms with Crippen LogP contribution in [0.2, 0.25) is 0 Å². The van der Waals surface area contributed by atoms with E-state index in [4.69, 9.17) is 14.2 Å². The molecule has 2 aromatic carbocycles. The molecule has 24 heavy (non-hydrogen) atoms. The largest absolute Gasteiger partial charge is 0.493 e. The quantitative estimate of drug-likeness (QED) is 0.848. The fourth-order valence-electron chi connectivity index (χ4n) is 2.54. The van der Waals surface area contributed by atoms with E-state index in [1.165, 1.54) is 0 Å². The van der Waals surface area contributed by atoms with E-state index >= 15 is 0 Å². The minimum Gasteiger partial charge on any atom is -0.493 e. The van der Waals surface area contributed by atoms with Crippen LogP contribution in [-0.4, -0.2) is 27.2 Å². The Bertz CT molecular complexity index is 713. The van der Waals surface area contributed by atoms with Gasteiger partial charge in [-0.2, -0.15) is 0 Å². The van der Waals surface area contributed by atoms with Crippen molar-refractivity contribution in [2.75, 3.05) is 21.3 Å². The summed E-state index contributed by atoms with van der Waals surface area (Å²) < 4.78 is 16.0. The number of hydrogen-bond acceptors (Lipinski definition) is 4. The van der Waals surface area contributed by atoms with Gasteiger partial charge >= 0.3 is 0 Å². The number of benzene rings is 2. The second-order valence-electron chi connectivity index (χ2n) is 5.37. The molecule has 0 heterocycles. The molecule has 1 amide bonds. The van der Waals surface area contributed by atoms with Crippen LogP contribution < -0.4 is 19.5 Å². The smallest absolute Gasteiger partial charge is 0.224 e. The van der Waals surface area contributed by atoms with Crippen LogP contribution in [0.1, 0.15) is 16.7 Å². The van der Waals surface area contributed by atoms with Crippen molar-refractivity contribution in [1.29, 1.82) is 0 Å². The predicted octanol–water partition coefficient (Wildman–Crippen LogP) is 2.88. The van der Waals surface area contributed by atoms with E-state index in [2.05, 4.69) is 5.32 Å². The van der Waals surface area contributed by atoms with Crippen molar-refractivity contribution in [3.63, 3.8) is 0 Å². The first-order chi connectivity index (χ1) is 11.6. The summed E-state index contributed by atoms with van der Waals surface area (Å²) in [6.07, 6.45) is 0.349. The molecule has 0 aromatic heterocycles. The molecule has 0 atom stereocenters. The van der Waals surface area contributed by atoms with Crippen LogP contribution in [-0.2, 0) is 17.8 Å². The predicted molar refractivity (Wildman–Crippen MR) is 92.8 cm³/mol. The number of hydrogen-bond donors (Lipinski definition) is 1. The highest BCUT2D eigenvalue weighted by Gasteiger charge is 2.16. The molecule has 128 valence electrons. The maximum absolute atomic E-state index is 12.2. The summed E-state index contributed by atoms with van der Waals surface area (Å²) in [5, 5.41) is 2.92. The Kier molecular flexibility index (Phi) is 6.07. The van der Waals surface area contributed by atoms with E-state index in [1.807, 2.05) is 37.3 Å². The first-order valence-electron chi connectivity index (χ1n) is 7.69. The molecule has 5 heteroatoms. The lowest BCUT2D eigenvalue weighted by atomic mass is 10.1. The maximum Gasteiger partial charge on any atom is 0.224 e. The highest BCUT2D eigenvalue weighted by molar-refractivity contribution is 5.79. The summed E-state index contributed by atoms with van der Waals surface area (Å²) in [7, 11) is 4.69. The Labute approximate surface area is 142 Å². The molecule has 2 rings (SSSR count). The lowest BCUT2D eigenvalue weighted by Crippen LogP contribution is -2.25. The van der Waals surface area contributed by atoms with E-state index < -0.39 is 0 Å². The Morgan fingerprint density at radius 1 is 0.917 bits per heavy atom. The fraction of sp³-hybridized carbons (Fsp3) is 0.316. The van der Waals surface area contributed by atoms with Crippen LogP contribution in [0.4, 0.5) is 0 Å². The van der Waals surface area contributed by atoms with Gasteiger partial charge in [0.25, 0.3) is 0 Å². The number of aryl methyl sites for hydroxylation is 1. The van der Waals surface area contributed by atoms with E-state index in [0.29, 0.717) is 30.2 Å². The van der Waals surface area contributed by atoms with Crippen LogP contribution in [0.5, 0.6) is 17.2 Å². The second-order valence-corrected chi connectivity index (χ2v) is 5.37. The number of nitrogens with one attached hydrogen (secondary N) is 1. The number of methoxy groups -OCH3 is 3. The van der Waals surface area contributed by atoms with Gasteiger partial charge in [-0.25, -0.2) is 0 Å². The van der Waals surface area contributed by atoms with Gasteiger partial charge in [-0.3, -0.25) is 4.79 Å². The van der Waals surface area contributed by atoms with Gasteiger partial charge in [-0.15, -0.1) is 0 Å². The van der Waals surface area contributed by atoms with Gasteiger partial charge in [0.1, 0.15) is 0 Å². The van der Waals surface area contributed by atoms with Gasteiger partial charge < -0.3 is 19.5 Å². The molecule has 5 nitrogen and oxygen atoms in total. The number of rotatable bonds is 7. The zero-order chi connectivity index (χ0) is 17.5. The standard InChI is InChI=1S/C19H23NO4/c1-13-7-5-6-8-14(13)11-17(21)20-12-15-9-10-16(22-2)19(24-4)18(15)23-3/h5-10H,11-12H2,1-4H3,(H,20,21). The summed E-state index contributed by atoms with van der Waals surface area (Å²) in [4.78, 5) is 12.2. The van der Waals surface area contributed by atoms with Crippen molar-refractivity contribution in [3.8, 4) is 17.2 Å². The van der Waals surface area contributed by atoms with Crippen molar-refractivity contribution < 1.29 is 19.0 Å². The molecule has 0 aliphatic carbocycles. The average molecular weight is 329 g/mol. The van der Waals surface area contributed by atoms with Crippen LogP contribution >= 0.6 is 0 Å². The van der Waals surface area contributed by atoms with E-state index in [0.717, 1.165) is 16.7 Å². The van der Waals surface area contributed by atoms with E-state index in [-0.39, 0.29) is 5.91 Å². The van der Waals surface area contributed by atoms with Gasteiger partial charge in [-0.05, 0) is 30.2 Å². The normalized spacial score (nSPS) is 10.2. The lowest BCUT2D eigenvalue weighted by molar-refractivity contribution is -0.120. The number of carbonyl (C=O) groups excluding carboxylic acids is 1. The molecule has 0 spiro atoms. The van der Waals surface area contributed by atoms with Crippen molar-refractivity contribution in [2.24, 2.45) is 0 Å². The van der Waals surface area contributed by atoms with Crippen LogP contribution in [0.25, 0.3) is 0 Å². The first kappa shape index (κ1) is 17.7. The molecule has 1 N–H and O–H groups in total. The third-order valence-electron chi connectivity index (χ3n) is 3.87. The van der Waals surface area contributed by atoms with Gasteiger partial charge in [0.2, 0.25) is 11.7 Å². The molecular weight excluding hydrogens is 306 g/mol. The Morgan fingerprint density at radius 3 is 2.25 bits per heavy atom. The van der Waals surface area contributed by atoms with Crippen LogP contribution in [0, 0.1) is 6.92 Å². The van der Waals surface area contributed by atoms with Crippen molar-refractivity contribution in [2.45, 2.75) is 19.9 Å². The topological polar surface area (TPSA) is 56.8 Å². The van der Waals surface area contributed by atoms with Gasteiger partial charge in [0.15, 0.2) is 11.5 Å². The second kappa shape index (κ2) is 8.24. The molecule has 0 unspecified atom stereocenters. The summed E-state index contributed by atoms with van der Waals surface area (Å²) in [6, 6.07) is 11.5. The highest BCUT2D eigenvalue weighted by atomic mass is 16.5. The Balaban J connectivity index is 2.09. The monoisotopic (exact) mass is 329 g/mol. The van der Waals surface area contributed by atoms with Crippen molar-refractivity contribution >= 4 is 5.91 Å². The molecule has 2 aromatic rings. The molecular formula is C19H23NO4. The highest BCUT2D eigenvalue weighted by Crippen LogP contribution is 2.39. The molecule has 0 radical (unpaired) electrons. The number of carbonyl (C=O) groups is 1. The first-order valence-corrected chi connectivity index (χ1v) is 7.69. The molecule has 0 bridgehead atoms. The van der Waals surface area contributed by atoms with Crippen LogP contribution in [0.3, 0.4) is 0 Å². The summed E-state index contributed by atoms with van der Waals surface area (Å²) in [5.41, 5.74) is 2.96. The molecule has 0 saturated heterocycles. The average Bonchev–Trinajstić information content (AvgIpc) is 2.60. The molecule has 0 saturated carbocycles. The minimum atomic E-state index is -0.0406. The summed E-state index contributed by atoms with van der Waals surface area (Å²) in [6.45, 7) is 2.36. The summed E-state index contributed by atoms with van der Waals surface area (Å²) in [5.74, 6) is 1.63. The zero-order valence-corrected chi connectivity index (χ0v) is 14.5. The maximum atomic E-state index is 12.2. The van der Waals surface area contributed by atoms with E-state index in [9.17, 15) is 4.79 Å². The van der Waals surface area contributed by atoms with E-state index in [1.54, 1.807) is 27.4 Å². The van der Waals surface area contributed by atoms with Crippen LogP contribution in [0.15, 0.2) is 36.4 Å². The number of amides is 1. The lowest BCUT2D eigenvalue weighted by Gasteiger charge is -2.16. The molecule has 0 fully saturated rings. The number of ether oxygens (including phenoxy) is 3. The van der Waals surface area contributed by atoms with Crippen molar-refractivity contribution in [1.82, 2.24) is 5.32 Å². The minimum absolute atomic E-state index is 0.0406. The fourth-order valence-corrected chi connectivity index (χ4v) is 2.54. The van der Waals surface area contributed by atoms with Gasteiger partial charge in [0.05, 0.1) is 27.8 Å². The third kappa shape index (κ3) is 3.98. The Morgan fingerprint density at radius 2 is 1.62 bits per heavy atom. The zero-order valence-electron chi connectivity index (χ0n) is 14.5. The Hall–Kier alpha value is -2.69. The summed E-state index contributed by atoms with van der Waals surface area (Å²) >= 11 is 0. The SMILES string of the molecule is COc1ccc(CNC(=O)Cc2ccccc2C)c(OC)c1OC. The van der Waals surface area contributed by atoms with Crippen molar-refractivity contribution in [3.05, 3.63) is 53.1 Å². The molecule has 0 aliphatic heterocycles. The van der Waals surface area contributed by atoms with Gasteiger partial charge in [0, 0.05) is 12.1 Å². The van der Waals surface area contributed by atoms with Gasteiger partial charge in [-0.1, -0.05) is 24.3 Å². The molecule has 0 aliphatic rings.